The van der Waals surface area contributed by atoms with E-state index in [0.717, 1.165) is 60.9 Å². The Morgan fingerprint density at radius 1 is 0.476 bits per heavy atom. The van der Waals surface area contributed by atoms with Crippen LogP contribution in [0.4, 0.5) is 0 Å². The average Bonchev–Trinajstić information content (AvgIpc) is 3.60. The van der Waals surface area contributed by atoms with Crippen LogP contribution in [0, 0.1) is 0 Å². The first kappa shape index (κ1) is 23.1. The molecule has 9 rings (SSSR count). The predicted molar refractivity (Wildman–Crippen MR) is 174 cm³/mol. The van der Waals surface area contributed by atoms with Crippen LogP contribution < -0.4 is 0 Å². The van der Waals surface area contributed by atoms with E-state index in [9.17, 15) is 0 Å². The molecule has 3 aromatic heterocycles. The maximum atomic E-state index is 6.76. The van der Waals surface area contributed by atoms with E-state index in [1.807, 2.05) is 12.1 Å². The fourth-order valence-corrected chi connectivity index (χ4v) is 6.48. The van der Waals surface area contributed by atoms with Gasteiger partial charge in [0.25, 0.3) is 0 Å². The Morgan fingerprint density at radius 2 is 1.14 bits per heavy atom. The number of pyridine rings is 1. The number of benzene rings is 6. The summed E-state index contributed by atoms with van der Waals surface area (Å²) in [7, 11) is 0. The van der Waals surface area contributed by atoms with Crippen LogP contribution in [0.2, 0.25) is 0 Å². The molecule has 0 aliphatic rings. The Bertz CT molecular complexity index is 2410. The van der Waals surface area contributed by atoms with Gasteiger partial charge in [-0.25, -0.2) is 4.98 Å². The minimum atomic E-state index is 0.873. The molecule has 3 nitrogen and oxygen atoms in total. The highest BCUT2D eigenvalue weighted by molar-refractivity contribution is 6.13. The minimum absolute atomic E-state index is 0.873. The van der Waals surface area contributed by atoms with Gasteiger partial charge in [0.1, 0.15) is 5.58 Å². The Labute approximate surface area is 241 Å². The topological polar surface area (TPSA) is 31.0 Å². The van der Waals surface area contributed by atoms with E-state index in [4.69, 9.17) is 9.40 Å². The second-order valence-electron chi connectivity index (χ2n) is 10.8. The van der Waals surface area contributed by atoms with Crippen LogP contribution in [0.5, 0.6) is 0 Å². The lowest BCUT2D eigenvalue weighted by molar-refractivity contribution is 0.666. The molecule has 6 aromatic carbocycles. The molecule has 0 aliphatic heterocycles. The maximum Gasteiger partial charge on any atom is 0.159 e. The number of hydrogen-bond donors (Lipinski definition) is 0. The lowest BCUT2D eigenvalue weighted by Crippen LogP contribution is -1.93. The largest absolute Gasteiger partial charge is 0.454 e. The van der Waals surface area contributed by atoms with Gasteiger partial charge in [-0.1, -0.05) is 103 Å². The first-order valence-corrected chi connectivity index (χ1v) is 14.2. The summed E-state index contributed by atoms with van der Waals surface area (Å²) in [6.45, 7) is 0. The van der Waals surface area contributed by atoms with Crippen LogP contribution in [-0.2, 0) is 0 Å². The van der Waals surface area contributed by atoms with E-state index in [1.54, 1.807) is 0 Å². The molecule has 0 unspecified atom stereocenters. The summed E-state index contributed by atoms with van der Waals surface area (Å²) in [5, 5.41) is 5.82. The van der Waals surface area contributed by atoms with Crippen molar-refractivity contribution in [1.82, 2.24) is 9.55 Å². The van der Waals surface area contributed by atoms with Gasteiger partial charge in [0, 0.05) is 32.5 Å². The SMILES string of the molecule is c1ccc(-c2cc(-c3ccc4c(c3)oc3c(-n5c6ccccc6c6ccccc65)cccc34)c3ccccc3n2)cc1. The third-order valence-electron chi connectivity index (χ3n) is 8.40. The standard InChI is InChI=1S/C39H24N2O/c1-2-11-25(12-3-1)34-24-32(27-13-4-7-17-33(27)40-34)26-21-22-30-31-16-10-20-37(39(31)42-38(30)23-26)41-35-18-8-5-14-28(35)29-15-6-9-19-36(29)41/h1-24H. The van der Waals surface area contributed by atoms with E-state index >= 15 is 0 Å². The van der Waals surface area contributed by atoms with Gasteiger partial charge in [-0.3, -0.25) is 0 Å². The Balaban J connectivity index is 1.29. The highest BCUT2D eigenvalue weighted by Crippen LogP contribution is 2.40. The van der Waals surface area contributed by atoms with Gasteiger partial charge < -0.3 is 8.98 Å². The van der Waals surface area contributed by atoms with Gasteiger partial charge in [-0.15, -0.1) is 0 Å². The van der Waals surface area contributed by atoms with Gasteiger partial charge in [-0.05, 0) is 53.6 Å². The molecule has 3 heteroatoms. The molecule has 0 N–H and O–H groups in total. The normalized spacial score (nSPS) is 11.8. The molecular formula is C39H24N2O. The molecule has 0 saturated heterocycles. The van der Waals surface area contributed by atoms with Crippen molar-refractivity contribution in [3.05, 3.63) is 146 Å². The summed E-state index contributed by atoms with van der Waals surface area (Å²) in [5.74, 6) is 0. The number of fused-ring (bicyclic) bond motifs is 7. The molecular weight excluding hydrogens is 512 g/mol. The van der Waals surface area contributed by atoms with Gasteiger partial charge in [0.05, 0.1) is 27.9 Å². The highest BCUT2D eigenvalue weighted by atomic mass is 16.3. The molecule has 0 fully saturated rings. The molecule has 0 radical (unpaired) electrons. The van der Waals surface area contributed by atoms with Crippen LogP contribution in [0.25, 0.3) is 82.7 Å². The number of rotatable bonds is 3. The summed E-state index contributed by atoms with van der Waals surface area (Å²) < 4.78 is 9.09. The third-order valence-corrected chi connectivity index (χ3v) is 8.40. The molecule has 3 heterocycles. The molecule has 0 spiro atoms. The lowest BCUT2D eigenvalue weighted by atomic mass is 9.97. The summed E-state index contributed by atoms with van der Waals surface area (Å²) >= 11 is 0. The van der Waals surface area contributed by atoms with Crippen molar-refractivity contribution in [3.8, 4) is 28.1 Å². The van der Waals surface area contributed by atoms with Crippen LogP contribution in [0.15, 0.2) is 150 Å². The van der Waals surface area contributed by atoms with E-state index < -0.39 is 0 Å². The van der Waals surface area contributed by atoms with Crippen LogP contribution in [0.1, 0.15) is 0 Å². The average molecular weight is 537 g/mol. The molecule has 0 saturated carbocycles. The summed E-state index contributed by atoms with van der Waals surface area (Å²) in [6.07, 6.45) is 0. The quantitative estimate of drug-likeness (QED) is 0.225. The predicted octanol–water partition coefficient (Wildman–Crippen LogP) is 10.6. The van der Waals surface area contributed by atoms with Crippen molar-refractivity contribution in [3.63, 3.8) is 0 Å². The van der Waals surface area contributed by atoms with E-state index in [1.165, 1.54) is 21.8 Å². The van der Waals surface area contributed by atoms with Gasteiger partial charge >= 0.3 is 0 Å². The molecule has 0 bridgehead atoms. The van der Waals surface area contributed by atoms with Crippen molar-refractivity contribution >= 4 is 54.6 Å². The maximum absolute atomic E-state index is 6.76. The molecule has 0 aliphatic carbocycles. The Kier molecular flexibility index (Phi) is 4.90. The smallest absolute Gasteiger partial charge is 0.159 e. The number of para-hydroxylation sites is 4. The first-order chi connectivity index (χ1) is 20.8. The van der Waals surface area contributed by atoms with E-state index in [2.05, 4.69) is 138 Å². The van der Waals surface area contributed by atoms with Gasteiger partial charge in [0.2, 0.25) is 0 Å². The number of nitrogens with zero attached hydrogens (tertiary/aromatic N) is 2. The molecule has 42 heavy (non-hydrogen) atoms. The Morgan fingerprint density at radius 3 is 1.93 bits per heavy atom. The Hall–Kier alpha value is -5.67. The number of furan rings is 1. The molecule has 0 atom stereocenters. The second kappa shape index (κ2) is 8.92. The summed E-state index contributed by atoms with van der Waals surface area (Å²) in [6, 6.07) is 51.2. The number of hydrogen-bond acceptors (Lipinski definition) is 2. The van der Waals surface area contributed by atoms with E-state index in [-0.39, 0.29) is 0 Å². The van der Waals surface area contributed by atoms with Crippen molar-refractivity contribution in [1.29, 1.82) is 0 Å². The lowest BCUT2D eigenvalue weighted by Gasteiger charge is -2.10. The molecule has 0 amide bonds. The summed E-state index contributed by atoms with van der Waals surface area (Å²) in [5.41, 5.74) is 10.4. The van der Waals surface area contributed by atoms with Crippen LogP contribution in [-0.4, -0.2) is 9.55 Å². The van der Waals surface area contributed by atoms with Crippen LogP contribution >= 0.6 is 0 Å². The zero-order valence-electron chi connectivity index (χ0n) is 22.7. The van der Waals surface area contributed by atoms with Gasteiger partial charge in [-0.2, -0.15) is 0 Å². The second-order valence-corrected chi connectivity index (χ2v) is 10.8. The number of aromatic nitrogens is 2. The monoisotopic (exact) mass is 536 g/mol. The highest BCUT2D eigenvalue weighted by Gasteiger charge is 2.18. The van der Waals surface area contributed by atoms with Crippen molar-refractivity contribution < 1.29 is 4.42 Å². The zero-order valence-corrected chi connectivity index (χ0v) is 22.7. The first-order valence-electron chi connectivity index (χ1n) is 14.2. The summed E-state index contributed by atoms with van der Waals surface area (Å²) in [4.78, 5) is 4.99. The molecule has 9 aromatic rings. The van der Waals surface area contributed by atoms with Crippen LogP contribution in [0.3, 0.4) is 0 Å². The third kappa shape index (κ3) is 3.37. The fraction of sp³-hybridized carbons (Fsp3) is 0. The van der Waals surface area contributed by atoms with E-state index in [0.29, 0.717) is 0 Å². The molecule has 196 valence electrons. The fourth-order valence-electron chi connectivity index (χ4n) is 6.48. The zero-order chi connectivity index (χ0) is 27.6. The van der Waals surface area contributed by atoms with Gasteiger partial charge in [0.15, 0.2) is 5.58 Å². The van der Waals surface area contributed by atoms with Crippen molar-refractivity contribution in [2.75, 3.05) is 0 Å². The van der Waals surface area contributed by atoms with Crippen molar-refractivity contribution in [2.24, 2.45) is 0 Å². The van der Waals surface area contributed by atoms with Crippen molar-refractivity contribution in [2.45, 2.75) is 0 Å². The minimum Gasteiger partial charge on any atom is -0.454 e.